The Balaban J connectivity index is 0.00000144. The lowest BCUT2D eigenvalue weighted by Crippen LogP contribution is -2.13. The van der Waals surface area contributed by atoms with Gasteiger partial charge in [-0.15, -0.1) is 12.4 Å². The lowest BCUT2D eigenvalue weighted by molar-refractivity contribution is 0.622. The summed E-state index contributed by atoms with van der Waals surface area (Å²) >= 11 is 0. The molecular weight excluding hydrogens is 189 g/mol. The third-order valence-electron chi connectivity index (χ3n) is 1.85. The highest BCUT2D eigenvalue weighted by Crippen LogP contribution is 2.21. The van der Waals surface area contributed by atoms with Crippen molar-refractivity contribution in [3.63, 3.8) is 0 Å². The van der Waals surface area contributed by atoms with E-state index < -0.39 is 5.41 Å². The summed E-state index contributed by atoms with van der Waals surface area (Å²) in [6, 6.07) is 8.17. The van der Waals surface area contributed by atoms with Crippen LogP contribution in [-0.4, -0.2) is 0 Å². The van der Waals surface area contributed by atoms with E-state index in [1.165, 1.54) is 12.1 Å². The Bertz CT molecular complexity index is 311. The van der Waals surface area contributed by atoms with Gasteiger partial charge in [-0.1, -0.05) is 12.1 Å². The van der Waals surface area contributed by atoms with E-state index in [1.54, 1.807) is 26.0 Å². The third-order valence-corrected chi connectivity index (χ3v) is 1.85. The van der Waals surface area contributed by atoms with Crippen LogP contribution in [-0.2, 0) is 5.41 Å². The van der Waals surface area contributed by atoms with Gasteiger partial charge < -0.3 is 0 Å². The number of hydrogen-bond donors (Lipinski definition) is 0. The maximum Gasteiger partial charge on any atom is 0.123 e. The van der Waals surface area contributed by atoms with Gasteiger partial charge in [-0.05, 0) is 31.5 Å². The van der Waals surface area contributed by atoms with E-state index in [9.17, 15) is 4.39 Å². The lowest BCUT2D eigenvalue weighted by atomic mass is 9.86. The molecule has 0 saturated heterocycles. The smallest absolute Gasteiger partial charge is 0.123 e. The quantitative estimate of drug-likeness (QED) is 0.682. The van der Waals surface area contributed by atoms with Crippen LogP contribution in [0.15, 0.2) is 24.3 Å². The van der Waals surface area contributed by atoms with Crippen molar-refractivity contribution in [2.45, 2.75) is 19.3 Å². The molecule has 0 unspecified atom stereocenters. The molecule has 0 atom stereocenters. The molecule has 70 valence electrons. The molecule has 0 radical (unpaired) electrons. The Kier molecular flexibility index (Phi) is 3.90. The van der Waals surface area contributed by atoms with Gasteiger partial charge >= 0.3 is 0 Å². The molecule has 1 aromatic rings. The topological polar surface area (TPSA) is 23.8 Å². The molecule has 0 amide bonds. The Hall–Kier alpha value is -1.07. The number of hydrogen-bond acceptors (Lipinski definition) is 1. The Morgan fingerprint density at radius 1 is 1.23 bits per heavy atom. The van der Waals surface area contributed by atoms with Crippen molar-refractivity contribution in [1.82, 2.24) is 0 Å². The van der Waals surface area contributed by atoms with Gasteiger partial charge in [0.1, 0.15) is 5.82 Å². The number of nitrogens with zero attached hydrogens (tertiary/aromatic N) is 1. The largest absolute Gasteiger partial charge is 0.207 e. The highest BCUT2D eigenvalue weighted by Gasteiger charge is 2.18. The first kappa shape index (κ1) is 11.9. The maximum atomic E-state index is 12.5. The summed E-state index contributed by atoms with van der Waals surface area (Å²) in [5, 5.41) is 8.77. The summed E-state index contributed by atoms with van der Waals surface area (Å²) < 4.78 is 12.5. The molecule has 0 aromatic heterocycles. The second-order valence-electron chi connectivity index (χ2n) is 3.24. The van der Waals surface area contributed by atoms with Crippen LogP contribution < -0.4 is 0 Å². The molecule has 1 nitrogen and oxygen atoms in total. The molecule has 0 spiro atoms. The summed E-state index contributed by atoms with van der Waals surface area (Å²) in [5.41, 5.74) is 0.305. The van der Waals surface area contributed by atoms with E-state index in [0.717, 1.165) is 5.56 Å². The Morgan fingerprint density at radius 2 is 1.69 bits per heavy atom. The van der Waals surface area contributed by atoms with Crippen molar-refractivity contribution in [2.75, 3.05) is 0 Å². The summed E-state index contributed by atoms with van der Waals surface area (Å²) in [5.74, 6) is -0.271. The maximum absolute atomic E-state index is 12.5. The lowest BCUT2D eigenvalue weighted by Gasteiger charge is -2.14. The van der Waals surface area contributed by atoms with E-state index in [-0.39, 0.29) is 18.2 Å². The number of benzene rings is 1. The average molecular weight is 200 g/mol. The average Bonchev–Trinajstić information content (AvgIpc) is 2.05. The minimum atomic E-state index is -0.534. The molecule has 0 aliphatic rings. The van der Waals surface area contributed by atoms with Gasteiger partial charge in [-0.25, -0.2) is 4.39 Å². The Morgan fingerprint density at radius 3 is 2.08 bits per heavy atom. The van der Waals surface area contributed by atoms with Crippen LogP contribution in [0.1, 0.15) is 19.4 Å². The van der Waals surface area contributed by atoms with Crippen LogP contribution in [0.3, 0.4) is 0 Å². The molecular formula is C10H11ClFN. The predicted octanol–water partition coefficient (Wildman–Crippen LogP) is 3.05. The van der Waals surface area contributed by atoms with E-state index >= 15 is 0 Å². The van der Waals surface area contributed by atoms with Crippen molar-refractivity contribution in [3.05, 3.63) is 35.6 Å². The summed E-state index contributed by atoms with van der Waals surface area (Å²) in [6.45, 7) is 3.61. The summed E-state index contributed by atoms with van der Waals surface area (Å²) in [6.07, 6.45) is 0. The van der Waals surface area contributed by atoms with Gasteiger partial charge in [0.05, 0.1) is 11.5 Å². The van der Waals surface area contributed by atoms with E-state index in [2.05, 4.69) is 6.07 Å². The van der Waals surface area contributed by atoms with Crippen molar-refractivity contribution < 1.29 is 4.39 Å². The minimum absolute atomic E-state index is 0. The molecule has 0 fully saturated rings. The van der Waals surface area contributed by atoms with Gasteiger partial charge in [0.2, 0.25) is 0 Å². The van der Waals surface area contributed by atoms with Gasteiger partial charge in [0.15, 0.2) is 0 Å². The highest BCUT2D eigenvalue weighted by atomic mass is 35.5. The normalized spacial score (nSPS) is 10.0. The third kappa shape index (κ3) is 2.71. The van der Waals surface area contributed by atoms with Gasteiger partial charge in [-0.2, -0.15) is 5.26 Å². The van der Waals surface area contributed by atoms with Crippen LogP contribution in [0.25, 0.3) is 0 Å². The van der Waals surface area contributed by atoms with Crippen LogP contribution in [0.2, 0.25) is 0 Å². The van der Waals surface area contributed by atoms with Crippen LogP contribution in [0.5, 0.6) is 0 Å². The zero-order valence-electron chi connectivity index (χ0n) is 7.54. The van der Waals surface area contributed by atoms with Gasteiger partial charge in [0.25, 0.3) is 0 Å². The molecule has 0 saturated carbocycles. The molecule has 13 heavy (non-hydrogen) atoms. The highest BCUT2D eigenvalue weighted by molar-refractivity contribution is 5.85. The van der Waals surface area contributed by atoms with Crippen molar-refractivity contribution in [1.29, 1.82) is 5.26 Å². The summed E-state index contributed by atoms with van der Waals surface area (Å²) in [7, 11) is 0. The fourth-order valence-corrected chi connectivity index (χ4v) is 0.931. The number of nitriles is 1. The van der Waals surface area contributed by atoms with E-state index in [4.69, 9.17) is 5.26 Å². The van der Waals surface area contributed by atoms with E-state index in [0.29, 0.717) is 0 Å². The molecule has 1 aromatic carbocycles. The summed E-state index contributed by atoms with van der Waals surface area (Å²) in [4.78, 5) is 0. The van der Waals surface area contributed by atoms with Crippen molar-refractivity contribution in [2.24, 2.45) is 0 Å². The van der Waals surface area contributed by atoms with Crippen LogP contribution in [0, 0.1) is 17.1 Å². The minimum Gasteiger partial charge on any atom is -0.207 e. The van der Waals surface area contributed by atoms with Crippen LogP contribution in [0.4, 0.5) is 4.39 Å². The zero-order valence-corrected chi connectivity index (χ0v) is 8.36. The fraction of sp³-hybridized carbons (Fsp3) is 0.300. The fourth-order valence-electron chi connectivity index (χ4n) is 0.931. The van der Waals surface area contributed by atoms with E-state index in [1.807, 2.05) is 0 Å². The molecule has 0 aliphatic heterocycles. The first-order valence-corrected chi connectivity index (χ1v) is 3.73. The van der Waals surface area contributed by atoms with Crippen molar-refractivity contribution in [3.8, 4) is 6.07 Å². The predicted molar refractivity (Wildman–Crippen MR) is 52.3 cm³/mol. The molecule has 3 heteroatoms. The van der Waals surface area contributed by atoms with Gasteiger partial charge in [-0.3, -0.25) is 0 Å². The second kappa shape index (κ2) is 4.25. The standard InChI is InChI=1S/C10H10FN.ClH/c1-10(2,7-12)8-3-5-9(11)6-4-8;/h3-6H,1-2H3;1H. The molecule has 0 heterocycles. The second-order valence-corrected chi connectivity index (χ2v) is 3.24. The molecule has 0 bridgehead atoms. The number of rotatable bonds is 1. The molecule has 0 aliphatic carbocycles. The van der Waals surface area contributed by atoms with Crippen LogP contribution >= 0.6 is 12.4 Å². The zero-order chi connectivity index (χ0) is 9.19. The SMILES string of the molecule is CC(C)(C#N)c1ccc(F)cc1.Cl. The Labute approximate surface area is 83.6 Å². The first-order valence-electron chi connectivity index (χ1n) is 3.73. The van der Waals surface area contributed by atoms with Crippen molar-refractivity contribution >= 4 is 12.4 Å². The van der Waals surface area contributed by atoms with Gasteiger partial charge in [0, 0.05) is 0 Å². The molecule has 1 rings (SSSR count). The number of halogens is 2. The first-order chi connectivity index (χ1) is 5.56. The molecule has 0 N–H and O–H groups in total. The monoisotopic (exact) mass is 199 g/mol.